The summed E-state index contributed by atoms with van der Waals surface area (Å²) in [6.07, 6.45) is 1.71. The van der Waals surface area contributed by atoms with Crippen molar-refractivity contribution in [3.63, 3.8) is 0 Å². The molecule has 2 unspecified atom stereocenters. The SMILES string of the molecule is Nc1n[nH]c(=O)c2c1c(-c1ccc(Br)cc1)nn2C1CCC(O)C1. The molecule has 2 aromatic heterocycles. The third-order valence-corrected chi connectivity index (χ3v) is 5.03. The van der Waals surface area contributed by atoms with Crippen LogP contribution in [0.1, 0.15) is 25.3 Å². The zero-order valence-electron chi connectivity index (χ0n) is 12.7. The molecule has 1 aromatic carbocycles. The lowest BCUT2D eigenvalue weighted by Crippen LogP contribution is -2.17. The van der Waals surface area contributed by atoms with E-state index in [1.54, 1.807) is 4.68 Å². The predicted octanol–water partition coefficient (Wildman–Crippen LogP) is 2.22. The highest BCUT2D eigenvalue weighted by atomic mass is 79.9. The van der Waals surface area contributed by atoms with Gasteiger partial charge in [-0.3, -0.25) is 9.48 Å². The highest BCUT2D eigenvalue weighted by Crippen LogP contribution is 2.36. The highest BCUT2D eigenvalue weighted by Gasteiger charge is 2.29. The maximum Gasteiger partial charge on any atom is 0.290 e. The van der Waals surface area contributed by atoms with Gasteiger partial charge < -0.3 is 10.8 Å². The van der Waals surface area contributed by atoms with Crippen molar-refractivity contribution in [3.8, 4) is 11.3 Å². The number of hydrogen-bond donors (Lipinski definition) is 3. The van der Waals surface area contributed by atoms with Gasteiger partial charge in [-0.2, -0.15) is 10.2 Å². The normalized spacial score (nSPS) is 20.8. The fraction of sp³-hybridized carbons (Fsp3) is 0.312. The number of rotatable bonds is 2. The number of fused-ring (bicyclic) bond motifs is 1. The number of hydrogen-bond acceptors (Lipinski definition) is 5. The molecule has 3 aromatic rings. The second-order valence-corrected chi connectivity index (χ2v) is 7.00. The number of nitrogen functional groups attached to an aromatic ring is 1. The van der Waals surface area contributed by atoms with E-state index in [1.165, 1.54) is 0 Å². The Morgan fingerprint density at radius 2 is 2.04 bits per heavy atom. The highest BCUT2D eigenvalue weighted by molar-refractivity contribution is 9.10. The fourth-order valence-electron chi connectivity index (χ4n) is 3.35. The standard InChI is InChI=1S/C16H16BrN5O2/c17-9-3-1-8(2-4-9)13-12-14(16(24)20-19-15(12)18)22(21-13)10-5-6-11(23)7-10/h1-4,10-11,23H,5-7H2,(H2,18,19)(H,20,24). The molecular weight excluding hydrogens is 374 g/mol. The Kier molecular flexibility index (Phi) is 3.65. The maximum absolute atomic E-state index is 12.4. The van der Waals surface area contributed by atoms with Gasteiger partial charge in [0.15, 0.2) is 5.82 Å². The lowest BCUT2D eigenvalue weighted by molar-refractivity contribution is 0.177. The first-order valence-electron chi connectivity index (χ1n) is 7.75. The van der Waals surface area contributed by atoms with Gasteiger partial charge in [0.2, 0.25) is 0 Å². The van der Waals surface area contributed by atoms with Crippen LogP contribution in [0.2, 0.25) is 0 Å². The van der Waals surface area contributed by atoms with Crippen molar-refractivity contribution in [1.29, 1.82) is 0 Å². The van der Waals surface area contributed by atoms with Crippen molar-refractivity contribution in [2.24, 2.45) is 0 Å². The molecule has 4 rings (SSSR count). The number of nitrogens with two attached hydrogens (primary N) is 1. The fourth-order valence-corrected chi connectivity index (χ4v) is 3.61. The molecule has 8 heteroatoms. The smallest absolute Gasteiger partial charge is 0.290 e. The van der Waals surface area contributed by atoms with Gasteiger partial charge in [0.25, 0.3) is 5.56 Å². The van der Waals surface area contributed by atoms with E-state index >= 15 is 0 Å². The van der Waals surface area contributed by atoms with Crippen LogP contribution in [0.4, 0.5) is 5.82 Å². The topological polar surface area (TPSA) is 110 Å². The van der Waals surface area contributed by atoms with Crippen LogP contribution in [0.5, 0.6) is 0 Å². The summed E-state index contributed by atoms with van der Waals surface area (Å²) in [4.78, 5) is 12.4. The van der Waals surface area contributed by atoms with Gasteiger partial charge in [-0.1, -0.05) is 28.1 Å². The van der Waals surface area contributed by atoms with E-state index in [0.717, 1.165) is 16.5 Å². The molecule has 24 heavy (non-hydrogen) atoms. The monoisotopic (exact) mass is 389 g/mol. The molecular formula is C16H16BrN5O2. The average molecular weight is 390 g/mol. The number of aromatic nitrogens is 4. The van der Waals surface area contributed by atoms with Crippen LogP contribution in [0, 0.1) is 0 Å². The van der Waals surface area contributed by atoms with Gasteiger partial charge >= 0.3 is 0 Å². The van der Waals surface area contributed by atoms with E-state index < -0.39 is 0 Å². The molecule has 0 amide bonds. The Morgan fingerprint density at radius 1 is 1.29 bits per heavy atom. The minimum atomic E-state index is -0.358. The van der Waals surface area contributed by atoms with Gasteiger partial charge in [0.1, 0.15) is 11.2 Å². The summed E-state index contributed by atoms with van der Waals surface area (Å²) in [6, 6.07) is 7.64. The Bertz CT molecular complexity index is 963. The van der Waals surface area contributed by atoms with E-state index in [9.17, 15) is 9.90 Å². The number of nitrogens with zero attached hydrogens (tertiary/aromatic N) is 3. The van der Waals surface area contributed by atoms with Gasteiger partial charge in [-0.25, -0.2) is 5.10 Å². The predicted molar refractivity (Wildman–Crippen MR) is 94.6 cm³/mol. The molecule has 0 radical (unpaired) electrons. The van der Waals surface area contributed by atoms with Crippen LogP contribution in [-0.2, 0) is 0 Å². The second-order valence-electron chi connectivity index (χ2n) is 6.08. The Balaban J connectivity index is 1.99. The largest absolute Gasteiger partial charge is 0.393 e. The van der Waals surface area contributed by atoms with E-state index in [4.69, 9.17) is 5.73 Å². The quantitative estimate of drug-likeness (QED) is 0.622. The number of aliphatic hydroxyl groups excluding tert-OH is 1. The summed E-state index contributed by atoms with van der Waals surface area (Å²) in [5, 5.41) is 21.4. The summed E-state index contributed by atoms with van der Waals surface area (Å²) in [5.41, 5.74) is 7.63. The summed E-state index contributed by atoms with van der Waals surface area (Å²) >= 11 is 3.41. The zero-order chi connectivity index (χ0) is 16.8. The Labute approximate surface area is 145 Å². The molecule has 2 atom stereocenters. The number of benzene rings is 1. The van der Waals surface area contributed by atoms with Crippen molar-refractivity contribution in [1.82, 2.24) is 20.0 Å². The molecule has 1 aliphatic carbocycles. The minimum Gasteiger partial charge on any atom is -0.393 e. The van der Waals surface area contributed by atoms with E-state index in [0.29, 0.717) is 29.4 Å². The maximum atomic E-state index is 12.4. The first kappa shape index (κ1) is 15.3. The van der Waals surface area contributed by atoms with Crippen molar-refractivity contribution >= 4 is 32.7 Å². The number of aliphatic hydroxyl groups is 1. The van der Waals surface area contributed by atoms with Crippen molar-refractivity contribution < 1.29 is 5.11 Å². The minimum absolute atomic E-state index is 0.0189. The van der Waals surface area contributed by atoms with Crippen molar-refractivity contribution in [2.45, 2.75) is 31.4 Å². The first-order chi connectivity index (χ1) is 11.5. The van der Waals surface area contributed by atoms with E-state index in [-0.39, 0.29) is 23.5 Å². The van der Waals surface area contributed by atoms with Crippen molar-refractivity contribution in [2.75, 3.05) is 5.73 Å². The average Bonchev–Trinajstić information content (AvgIpc) is 3.16. The van der Waals surface area contributed by atoms with Gasteiger partial charge in [0.05, 0.1) is 17.5 Å². The van der Waals surface area contributed by atoms with Crippen LogP contribution in [-0.4, -0.2) is 31.2 Å². The molecule has 0 saturated heterocycles. The summed E-state index contributed by atoms with van der Waals surface area (Å²) in [6.45, 7) is 0. The van der Waals surface area contributed by atoms with E-state index in [1.807, 2.05) is 24.3 Å². The molecule has 0 bridgehead atoms. The molecule has 0 aliphatic heterocycles. The Hall–Kier alpha value is -2.19. The summed E-state index contributed by atoms with van der Waals surface area (Å²) in [5.74, 6) is 0.243. The summed E-state index contributed by atoms with van der Waals surface area (Å²) in [7, 11) is 0. The summed E-state index contributed by atoms with van der Waals surface area (Å²) < 4.78 is 2.66. The Morgan fingerprint density at radius 3 is 2.71 bits per heavy atom. The molecule has 7 nitrogen and oxygen atoms in total. The molecule has 1 fully saturated rings. The third-order valence-electron chi connectivity index (χ3n) is 4.50. The molecule has 2 heterocycles. The van der Waals surface area contributed by atoms with Crippen LogP contribution in [0.3, 0.4) is 0 Å². The molecule has 4 N–H and O–H groups in total. The van der Waals surface area contributed by atoms with Gasteiger partial charge in [0, 0.05) is 10.0 Å². The van der Waals surface area contributed by atoms with Gasteiger partial charge in [-0.15, -0.1) is 0 Å². The third kappa shape index (κ3) is 2.42. The molecule has 1 saturated carbocycles. The number of halogens is 1. The number of aromatic amines is 1. The lowest BCUT2D eigenvalue weighted by atomic mass is 10.1. The van der Waals surface area contributed by atoms with Crippen LogP contribution >= 0.6 is 15.9 Å². The first-order valence-corrected chi connectivity index (χ1v) is 8.54. The van der Waals surface area contributed by atoms with Crippen LogP contribution in [0.25, 0.3) is 22.2 Å². The number of H-pyrrole nitrogens is 1. The van der Waals surface area contributed by atoms with Gasteiger partial charge in [-0.05, 0) is 31.4 Å². The second kappa shape index (κ2) is 5.71. The number of nitrogens with one attached hydrogen (secondary N) is 1. The van der Waals surface area contributed by atoms with Crippen LogP contribution in [0.15, 0.2) is 33.5 Å². The molecule has 1 aliphatic rings. The molecule has 0 spiro atoms. The zero-order valence-corrected chi connectivity index (χ0v) is 14.3. The van der Waals surface area contributed by atoms with E-state index in [2.05, 4.69) is 31.2 Å². The lowest BCUT2D eigenvalue weighted by Gasteiger charge is -2.10. The molecule has 124 valence electrons. The number of anilines is 1. The van der Waals surface area contributed by atoms with Crippen molar-refractivity contribution in [3.05, 3.63) is 39.1 Å². The van der Waals surface area contributed by atoms with Crippen LogP contribution < -0.4 is 11.3 Å².